The second kappa shape index (κ2) is 8.15. The van der Waals surface area contributed by atoms with Crippen molar-refractivity contribution in [2.24, 2.45) is 0 Å². The molecule has 1 aromatic carbocycles. The van der Waals surface area contributed by atoms with Crippen LogP contribution in [0, 0.1) is 0 Å². The summed E-state index contributed by atoms with van der Waals surface area (Å²) in [6, 6.07) is 7.51. The van der Waals surface area contributed by atoms with Crippen LogP contribution in [0.15, 0.2) is 41.1 Å². The van der Waals surface area contributed by atoms with Gasteiger partial charge in [0.25, 0.3) is 0 Å². The van der Waals surface area contributed by atoms with Crippen LogP contribution >= 0.6 is 27.5 Å². The molecule has 1 aliphatic rings. The Labute approximate surface area is 149 Å². The fraction of sp³-hybridized carbons (Fsp3) is 0.438. The zero-order valence-electron chi connectivity index (χ0n) is 12.9. The van der Waals surface area contributed by atoms with Crippen molar-refractivity contribution in [3.8, 4) is 5.75 Å². The van der Waals surface area contributed by atoms with Gasteiger partial charge in [-0.15, -0.1) is 0 Å². The molecule has 0 bridgehead atoms. The molecular formula is C16H20BrClN4O. The minimum atomic E-state index is 0.702. The van der Waals surface area contributed by atoms with Gasteiger partial charge in [-0.2, -0.15) is 5.10 Å². The Bertz CT molecular complexity index is 611. The highest BCUT2D eigenvalue weighted by Gasteiger charge is 2.17. The second-order valence-corrected chi connectivity index (χ2v) is 6.95. The van der Waals surface area contributed by atoms with Gasteiger partial charge < -0.3 is 4.74 Å². The first-order valence-electron chi connectivity index (χ1n) is 7.70. The molecule has 1 aliphatic heterocycles. The summed E-state index contributed by atoms with van der Waals surface area (Å²) in [4.78, 5) is 4.85. The zero-order chi connectivity index (χ0) is 16.1. The standard InChI is InChI=1S/C16H20BrClN4O/c17-14-11-19-22(12-14)13-21-7-5-20(6-8-21)9-10-23-16-3-1-15(18)2-4-16/h1-4,11-12H,5-10,13H2. The summed E-state index contributed by atoms with van der Waals surface area (Å²) in [7, 11) is 0. The van der Waals surface area contributed by atoms with Gasteiger partial charge in [-0.1, -0.05) is 11.6 Å². The largest absolute Gasteiger partial charge is 0.492 e. The number of benzene rings is 1. The van der Waals surface area contributed by atoms with Crippen LogP contribution in [0.1, 0.15) is 0 Å². The van der Waals surface area contributed by atoms with Crippen molar-refractivity contribution in [2.45, 2.75) is 6.67 Å². The topological polar surface area (TPSA) is 33.5 Å². The number of halogens is 2. The van der Waals surface area contributed by atoms with Gasteiger partial charge in [0.15, 0.2) is 0 Å². The summed E-state index contributed by atoms with van der Waals surface area (Å²) in [5.41, 5.74) is 0. The summed E-state index contributed by atoms with van der Waals surface area (Å²) in [5.74, 6) is 0.872. The smallest absolute Gasteiger partial charge is 0.119 e. The average Bonchev–Trinajstić information content (AvgIpc) is 2.96. The van der Waals surface area contributed by atoms with Gasteiger partial charge in [0.2, 0.25) is 0 Å². The molecule has 23 heavy (non-hydrogen) atoms. The molecule has 124 valence electrons. The molecule has 0 saturated carbocycles. The first-order chi connectivity index (χ1) is 11.2. The van der Waals surface area contributed by atoms with E-state index in [9.17, 15) is 0 Å². The number of aromatic nitrogens is 2. The van der Waals surface area contributed by atoms with E-state index in [1.165, 1.54) is 0 Å². The van der Waals surface area contributed by atoms with Gasteiger partial charge in [0, 0.05) is 43.9 Å². The van der Waals surface area contributed by atoms with E-state index in [1.54, 1.807) is 0 Å². The van der Waals surface area contributed by atoms with Gasteiger partial charge in [0.05, 0.1) is 17.3 Å². The summed E-state index contributed by atoms with van der Waals surface area (Å²) >= 11 is 9.29. The molecule has 1 saturated heterocycles. The van der Waals surface area contributed by atoms with Crippen molar-refractivity contribution in [3.05, 3.63) is 46.2 Å². The van der Waals surface area contributed by atoms with Gasteiger partial charge in [0.1, 0.15) is 12.4 Å². The quantitative estimate of drug-likeness (QED) is 0.748. The molecule has 1 aromatic heterocycles. The van der Waals surface area contributed by atoms with Crippen molar-refractivity contribution in [2.75, 3.05) is 39.3 Å². The highest BCUT2D eigenvalue weighted by atomic mass is 79.9. The van der Waals surface area contributed by atoms with Crippen LogP contribution in [0.25, 0.3) is 0 Å². The lowest BCUT2D eigenvalue weighted by molar-refractivity contribution is 0.0927. The van der Waals surface area contributed by atoms with E-state index in [-0.39, 0.29) is 0 Å². The van der Waals surface area contributed by atoms with Crippen molar-refractivity contribution in [1.29, 1.82) is 0 Å². The molecule has 7 heteroatoms. The number of hydrogen-bond donors (Lipinski definition) is 0. The molecule has 0 unspecified atom stereocenters. The van der Waals surface area contributed by atoms with Crippen molar-refractivity contribution < 1.29 is 4.74 Å². The molecule has 0 spiro atoms. The van der Waals surface area contributed by atoms with Crippen molar-refractivity contribution >= 4 is 27.5 Å². The fourth-order valence-electron chi connectivity index (χ4n) is 2.60. The first-order valence-corrected chi connectivity index (χ1v) is 8.87. The van der Waals surface area contributed by atoms with Crippen molar-refractivity contribution in [1.82, 2.24) is 19.6 Å². The predicted octanol–water partition coefficient (Wildman–Crippen LogP) is 2.95. The second-order valence-electron chi connectivity index (χ2n) is 5.60. The summed E-state index contributed by atoms with van der Waals surface area (Å²) < 4.78 is 8.74. The number of piperazine rings is 1. The summed E-state index contributed by atoms with van der Waals surface area (Å²) in [6.07, 6.45) is 3.83. The molecule has 2 aromatic rings. The third kappa shape index (κ3) is 5.21. The van der Waals surface area contributed by atoms with Crippen LogP contribution in [-0.4, -0.2) is 58.9 Å². The van der Waals surface area contributed by atoms with E-state index in [4.69, 9.17) is 16.3 Å². The fourth-order valence-corrected chi connectivity index (χ4v) is 3.05. The van der Waals surface area contributed by atoms with Crippen LogP contribution < -0.4 is 4.74 Å². The molecule has 1 fully saturated rings. The van der Waals surface area contributed by atoms with E-state index in [0.29, 0.717) is 6.61 Å². The average molecular weight is 400 g/mol. The maximum atomic E-state index is 5.86. The first kappa shape index (κ1) is 16.8. The van der Waals surface area contributed by atoms with Crippen LogP contribution in [0.4, 0.5) is 0 Å². The highest BCUT2D eigenvalue weighted by molar-refractivity contribution is 9.10. The molecule has 0 N–H and O–H groups in total. The van der Waals surface area contributed by atoms with Crippen LogP contribution in [-0.2, 0) is 6.67 Å². The third-order valence-electron chi connectivity index (χ3n) is 3.90. The maximum absolute atomic E-state index is 5.86. The van der Waals surface area contributed by atoms with Gasteiger partial charge in [-0.25, -0.2) is 0 Å². The lowest BCUT2D eigenvalue weighted by Gasteiger charge is -2.34. The Balaban J connectivity index is 1.35. The lowest BCUT2D eigenvalue weighted by Crippen LogP contribution is -2.47. The lowest BCUT2D eigenvalue weighted by atomic mass is 10.3. The number of ether oxygens (including phenoxy) is 1. The van der Waals surface area contributed by atoms with E-state index < -0.39 is 0 Å². The molecule has 0 aliphatic carbocycles. The number of rotatable bonds is 6. The Morgan fingerprint density at radius 3 is 2.43 bits per heavy atom. The number of hydrogen-bond acceptors (Lipinski definition) is 4. The Kier molecular flexibility index (Phi) is 5.94. The van der Waals surface area contributed by atoms with Gasteiger partial charge in [-0.05, 0) is 40.2 Å². The van der Waals surface area contributed by atoms with E-state index in [1.807, 2.05) is 41.3 Å². The zero-order valence-corrected chi connectivity index (χ0v) is 15.2. The highest BCUT2D eigenvalue weighted by Crippen LogP contribution is 2.15. The van der Waals surface area contributed by atoms with E-state index in [2.05, 4.69) is 30.8 Å². The predicted molar refractivity (Wildman–Crippen MR) is 94.9 cm³/mol. The maximum Gasteiger partial charge on any atom is 0.119 e. The molecule has 0 radical (unpaired) electrons. The van der Waals surface area contributed by atoms with E-state index >= 15 is 0 Å². The molecule has 3 rings (SSSR count). The van der Waals surface area contributed by atoms with Crippen LogP contribution in [0.5, 0.6) is 5.75 Å². The van der Waals surface area contributed by atoms with Crippen molar-refractivity contribution in [3.63, 3.8) is 0 Å². The molecule has 0 amide bonds. The molecule has 5 nitrogen and oxygen atoms in total. The molecule has 2 heterocycles. The normalized spacial score (nSPS) is 16.6. The Hall–Kier alpha value is -1.08. The van der Waals surface area contributed by atoms with E-state index in [0.717, 1.165) is 54.6 Å². The third-order valence-corrected chi connectivity index (χ3v) is 4.56. The van der Waals surface area contributed by atoms with Crippen LogP contribution in [0.2, 0.25) is 5.02 Å². The van der Waals surface area contributed by atoms with Gasteiger partial charge >= 0.3 is 0 Å². The summed E-state index contributed by atoms with van der Waals surface area (Å²) in [6.45, 7) is 6.73. The minimum absolute atomic E-state index is 0.702. The SMILES string of the molecule is Clc1ccc(OCCN2CCN(Cn3cc(Br)cn3)CC2)cc1. The molecular weight excluding hydrogens is 380 g/mol. The minimum Gasteiger partial charge on any atom is -0.492 e. The monoisotopic (exact) mass is 398 g/mol. The summed E-state index contributed by atoms with van der Waals surface area (Å²) in [5, 5.41) is 5.04. The Morgan fingerprint density at radius 1 is 1.09 bits per heavy atom. The molecule has 0 atom stereocenters. The Morgan fingerprint density at radius 2 is 1.78 bits per heavy atom. The van der Waals surface area contributed by atoms with Crippen LogP contribution in [0.3, 0.4) is 0 Å². The van der Waals surface area contributed by atoms with Gasteiger partial charge in [-0.3, -0.25) is 14.5 Å². The number of nitrogens with zero attached hydrogens (tertiary/aromatic N) is 4.